The molecule has 0 bridgehead atoms. The number of nitrogen functional groups attached to an aromatic ring is 1. The van der Waals surface area contributed by atoms with Gasteiger partial charge < -0.3 is 10.8 Å². The Balaban J connectivity index is 2.00. The summed E-state index contributed by atoms with van der Waals surface area (Å²) in [5.41, 5.74) is 7.52. The average molecular weight is 421 g/mol. The minimum atomic E-state index is -0.161. The van der Waals surface area contributed by atoms with E-state index < -0.39 is 0 Å². The molecule has 0 aliphatic carbocycles. The second-order valence-corrected chi connectivity index (χ2v) is 7.32. The van der Waals surface area contributed by atoms with Crippen LogP contribution in [0.1, 0.15) is 21.5 Å². The molecule has 3 rings (SSSR count). The van der Waals surface area contributed by atoms with Gasteiger partial charge in [0, 0.05) is 16.1 Å². The first-order valence-electron chi connectivity index (χ1n) is 8.29. The maximum absolute atomic E-state index is 12.4. The first-order valence-corrected chi connectivity index (χ1v) is 9.65. The van der Waals surface area contributed by atoms with E-state index in [2.05, 4.69) is 11.1 Å². The first-order chi connectivity index (χ1) is 13.9. The van der Waals surface area contributed by atoms with Gasteiger partial charge in [0.15, 0.2) is 5.78 Å². The van der Waals surface area contributed by atoms with Crippen LogP contribution in [0, 0.1) is 22.7 Å². The van der Waals surface area contributed by atoms with Crippen LogP contribution < -0.4 is 5.73 Å². The van der Waals surface area contributed by atoms with Gasteiger partial charge in [-0.25, -0.2) is 4.98 Å². The Kier molecular flexibility index (Phi) is 6.04. The summed E-state index contributed by atoms with van der Waals surface area (Å²) in [7, 11) is 0. The van der Waals surface area contributed by atoms with E-state index in [0.717, 1.165) is 11.8 Å². The maximum atomic E-state index is 12.4. The van der Waals surface area contributed by atoms with Crippen LogP contribution in [-0.2, 0) is 0 Å². The third-order valence-electron chi connectivity index (χ3n) is 4.08. The third-order valence-corrected chi connectivity index (χ3v) is 5.31. The molecule has 0 atom stereocenters. The Morgan fingerprint density at radius 2 is 1.69 bits per heavy atom. The number of hydrogen-bond donors (Lipinski definition) is 2. The Morgan fingerprint density at radius 3 is 2.28 bits per heavy atom. The van der Waals surface area contributed by atoms with E-state index in [4.69, 9.17) is 17.3 Å². The molecule has 0 amide bonds. The lowest BCUT2D eigenvalue weighted by molar-refractivity contribution is 0.102. The van der Waals surface area contributed by atoms with Gasteiger partial charge in [0.25, 0.3) is 0 Å². The molecule has 1 aromatic heterocycles. The van der Waals surface area contributed by atoms with E-state index in [-0.39, 0.29) is 39.3 Å². The predicted octanol–water partition coefficient (Wildman–Crippen LogP) is 4.41. The first kappa shape index (κ1) is 20.2. The van der Waals surface area contributed by atoms with E-state index >= 15 is 0 Å². The van der Waals surface area contributed by atoms with E-state index in [9.17, 15) is 20.4 Å². The van der Waals surface area contributed by atoms with Crippen molar-refractivity contribution in [3.8, 4) is 29.0 Å². The Hall–Kier alpha value is -3.52. The number of anilines is 1. The number of phenols is 1. The summed E-state index contributed by atoms with van der Waals surface area (Å²) in [4.78, 5) is 16.6. The molecule has 29 heavy (non-hydrogen) atoms. The Morgan fingerprint density at radius 1 is 1.07 bits per heavy atom. The Bertz CT molecular complexity index is 1160. The maximum Gasteiger partial charge on any atom is 0.173 e. The number of aromatic nitrogens is 1. The molecule has 0 spiro atoms. The van der Waals surface area contributed by atoms with Crippen LogP contribution in [0.4, 0.5) is 5.82 Å². The summed E-state index contributed by atoms with van der Waals surface area (Å²) in [5.74, 6) is -0.109. The normalized spacial score (nSPS) is 10.2. The Labute approximate surface area is 176 Å². The van der Waals surface area contributed by atoms with E-state index in [1.165, 1.54) is 12.1 Å². The number of thioether (sulfide) groups is 1. The highest BCUT2D eigenvalue weighted by Gasteiger charge is 2.21. The fourth-order valence-electron chi connectivity index (χ4n) is 2.67. The van der Waals surface area contributed by atoms with E-state index in [1.54, 1.807) is 36.4 Å². The lowest BCUT2D eigenvalue weighted by Gasteiger charge is -2.13. The third kappa shape index (κ3) is 4.33. The summed E-state index contributed by atoms with van der Waals surface area (Å²) in [5, 5.41) is 29.6. The smallest absolute Gasteiger partial charge is 0.173 e. The lowest BCUT2D eigenvalue weighted by Crippen LogP contribution is -2.06. The van der Waals surface area contributed by atoms with Crippen LogP contribution in [0.2, 0.25) is 5.02 Å². The van der Waals surface area contributed by atoms with Crippen molar-refractivity contribution in [2.75, 3.05) is 11.5 Å². The van der Waals surface area contributed by atoms with Crippen LogP contribution >= 0.6 is 23.4 Å². The van der Waals surface area contributed by atoms with Crippen LogP contribution in [0.5, 0.6) is 5.75 Å². The van der Waals surface area contributed by atoms with Gasteiger partial charge in [-0.2, -0.15) is 10.5 Å². The summed E-state index contributed by atoms with van der Waals surface area (Å²) in [6.45, 7) is 0. The average Bonchev–Trinajstić information content (AvgIpc) is 2.72. The molecule has 142 valence electrons. The zero-order valence-electron chi connectivity index (χ0n) is 14.9. The van der Waals surface area contributed by atoms with Crippen molar-refractivity contribution >= 4 is 35.0 Å². The number of hydrogen-bond acceptors (Lipinski definition) is 7. The number of pyridine rings is 1. The number of rotatable bonds is 5. The van der Waals surface area contributed by atoms with Crippen molar-refractivity contribution < 1.29 is 9.90 Å². The summed E-state index contributed by atoms with van der Waals surface area (Å²) in [6.07, 6.45) is 0. The molecular weight excluding hydrogens is 408 g/mol. The topological polar surface area (TPSA) is 124 Å². The number of carbonyl (C=O) groups excluding carboxylic acids is 1. The number of Topliss-reactive ketones (excluding diaryl/α,β-unsaturated/α-hetero) is 1. The number of nitrogens with two attached hydrogens (primary N) is 1. The molecule has 0 saturated heterocycles. The molecule has 0 unspecified atom stereocenters. The highest BCUT2D eigenvalue weighted by molar-refractivity contribution is 8.00. The fraction of sp³-hybridized carbons (Fsp3) is 0.0476. The van der Waals surface area contributed by atoms with Gasteiger partial charge in [-0.05, 0) is 42.0 Å². The van der Waals surface area contributed by atoms with Crippen LogP contribution in [0.15, 0.2) is 53.6 Å². The molecule has 2 aromatic carbocycles. The van der Waals surface area contributed by atoms with Gasteiger partial charge in [-0.3, -0.25) is 4.79 Å². The van der Waals surface area contributed by atoms with Gasteiger partial charge in [0.2, 0.25) is 0 Å². The van der Waals surface area contributed by atoms with Crippen molar-refractivity contribution in [2.24, 2.45) is 0 Å². The second-order valence-electron chi connectivity index (χ2n) is 5.92. The number of nitrogens with zero attached hydrogens (tertiary/aromatic N) is 3. The number of phenolic OH excluding ortho intramolecular Hbond substituents is 1. The van der Waals surface area contributed by atoms with Gasteiger partial charge in [0.1, 0.15) is 34.3 Å². The van der Waals surface area contributed by atoms with Crippen molar-refractivity contribution in [1.29, 1.82) is 10.5 Å². The summed E-state index contributed by atoms with van der Waals surface area (Å²) < 4.78 is 0. The number of aromatic hydroxyl groups is 1. The lowest BCUT2D eigenvalue weighted by atomic mass is 9.97. The molecule has 3 N–H and O–H groups in total. The quantitative estimate of drug-likeness (QED) is 0.462. The van der Waals surface area contributed by atoms with E-state index in [1.807, 2.05) is 6.07 Å². The number of carbonyl (C=O) groups is 1. The van der Waals surface area contributed by atoms with Gasteiger partial charge >= 0.3 is 0 Å². The molecule has 0 aliphatic heterocycles. The van der Waals surface area contributed by atoms with Crippen molar-refractivity contribution in [2.45, 2.75) is 5.03 Å². The number of halogens is 1. The SMILES string of the molecule is N#Cc1c(N)nc(SCC(=O)c2ccc(Cl)cc2)c(C#N)c1-c1ccc(O)cc1. The number of ketones is 1. The summed E-state index contributed by atoms with van der Waals surface area (Å²) >= 11 is 6.91. The number of benzene rings is 2. The molecule has 0 fully saturated rings. The molecule has 1 heterocycles. The highest BCUT2D eigenvalue weighted by Crippen LogP contribution is 2.36. The van der Waals surface area contributed by atoms with Gasteiger partial charge in [0.05, 0.1) is 11.3 Å². The van der Waals surface area contributed by atoms with Crippen molar-refractivity contribution in [3.05, 3.63) is 70.2 Å². The standard InChI is InChI=1S/C21H13ClN4O2S/c22-14-5-1-12(2-6-14)18(28)11-29-21-17(10-24)19(16(9-23)20(25)26-21)13-3-7-15(27)8-4-13/h1-8,27H,11H2,(H2,25,26). The van der Waals surface area contributed by atoms with Crippen LogP contribution in [0.25, 0.3) is 11.1 Å². The largest absolute Gasteiger partial charge is 0.508 e. The summed E-state index contributed by atoms with van der Waals surface area (Å²) in [6, 6.07) is 16.6. The molecule has 8 heteroatoms. The number of nitriles is 2. The zero-order valence-corrected chi connectivity index (χ0v) is 16.5. The van der Waals surface area contributed by atoms with E-state index in [0.29, 0.717) is 21.7 Å². The van der Waals surface area contributed by atoms with Crippen molar-refractivity contribution in [1.82, 2.24) is 4.98 Å². The van der Waals surface area contributed by atoms with Crippen LogP contribution in [0.3, 0.4) is 0 Å². The minimum absolute atomic E-state index is 0.0314. The highest BCUT2D eigenvalue weighted by atomic mass is 35.5. The molecule has 0 radical (unpaired) electrons. The minimum Gasteiger partial charge on any atom is -0.508 e. The zero-order chi connectivity index (χ0) is 21.0. The van der Waals surface area contributed by atoms with Crippen LogP contribution in [-0.4, -0.2) is 21.6 Å². The molecule has 6 nitrogen and oxygen atoms in total. The molecular formula is C21H13ClN4O2S. The molecule has 3 aromatic rings. The monoisotopic (exact) mass is 420 g/mol. The van der Waals surface area contributed by atoms with Gasteiger partial charge in [-0.15, -0.1) is 0 Å². The van der Waals surface area contributed by atoms with Gasteiger partial charge in [-0.1, -0.05) is 35.5 Å². The van der Waals surface area contributed by atoms with Crippen molar-refractivity contribution in [3.63, 3.8) is 0 Å². The second kappa shape index (κ2) is 8.66. The predicted molar refractivity (Wildman–Crippen MR) is 112 cm³/mol. The molecule has 0 aliphatic rings. The molecule has 0 saturated carbocycles. The fourth-order valence-corrected chi connectivity index (χ4v) is 3.69.